The molecule has 19 heavy (non-hydrogen) atoms. The number of benzene rings is 1. The predicted molar refractivity (Wildman–Crippen MR) is 87.6 cm³/mol. The summed E-state index contributed by atoms with van der Waals surface area (Å²) in [4.78, 5) is 0. The van der Waals surface area contributed by atoms with Crippen molar-refractivity contribution in [3.8, 4) is 0 Å². The highest BCUT2D eigenvalue weighted by Gasteiger charge is 2.17. The van der Waals surface area contributed by atoms with Crippen LogP contribution >= 0.6 is 34.2 Å². The molecule has 2 aromatic rings. The Balaban J connectivity index is 2.26. The smallest absolute Gasteiger partial charge is 0.130 e. The lowest BCUT2D eigenvalue weighted by atomic mass is 9.99. The van der Waals surface area contributed by atoms with Crippen molar-refractivity contribution in [1.29, 1.82) is 0 Å². The zero-order valence-corrected chi connectivity index (χ0v) is 14.2. The number of aromatic nitrogens is 2. The van der Waals surface area contributed by atoms with Crippen LogP contribution in [0.15, 0.2) is 24.3 Å². The Morgan fingerprint density at radius 3 is 2.47 bits per heavy atom. The minimum Gasteiger partial charge on any atom is -0.313 e. The zero-order chi connectivity index (χ0) is 14.0. The maximum atomic E-state index is 6.30. The molecule has 0 amide bonds. The average Bonchev–Trinajstić information content (AvgIpc) is 2.63. The van der Waals surface area contributed by atoms with Crippen molar-refractivity contribution in [1.82, 2.24) is 15.1 Å². The molecule has 0 aliphatic carbocycles. The SMILES string of the molecule is CNC(Cc1c(C)nn(C)c1Cl)c1ccc(I)cc1. The van der Waals surface area contributed by atoms with E-state index < -0.39 is 0 Å². The zero-order valence-electron chi connectivity index (χ0n) is 11.2. The van der Waals surface area contributed by atoms with E-state index in [0.717, 1.165) is 22.8 Å². The van der Waals surface area contributed by atoms with Crippen molar-refractivity contribution in [3.63, 3.8) is 0 Å². The van der Waals surface area contributed by atoms with Crippen molar-refractivity contribution < 1.29 is 0 Å². The number of halogens is 2. The van der Waals surface area contributed by atoms with Gasteiger partial charge in [0.25, 0.3) is 0 Å². The molecular weight excluding hydrogens is 373 g/mol. The second kappa shape index (κ2) is 6.24. The third-order valence-electron chi connectivity index (χ3n) is 3.30. The maximum absolute atomic E-state index is 6.30. The number of rotatable bonds is 4. The van der Waals surface area contributed by atoms with E-state index in [1.807, 2.05) is 21.0 Å². The van der Waals surface area contributed by atoms with Crippen LogP contribution in [0.25, 0.3) is 0 Å². The minimum absolute atomic E-state index is 0.248. The second-order valence-corrected chi connectivity index (χ2v) is 6.18. The lowest BCUT2D eigenvalue weighted by Crippen LogP contribution is -2.19. The molecule has 1 aromatic heterocycles. The molecule has 0 fully saturated rings. The van der Waals surface area contributed by atoms with E-state index in [2.05, 4.69) is 57.3 Å². The van der Waals surface area contributed by atoms with E-state index in [0.29, 0.717) is 0 Å². The molecule has 0 radical (unpaired) electrons. The lowest BCUT2D eigenvalue weighted by Gasteiger charge is -2.16. The van der Waals surface area contributed by atoms with E-state index in [1.54, 1.807) is 4.68 Å². The highest BCUT2D eigenvalue weighted by atomic mass is 127. The highest BCUT2D eigenvalue weighted by molar-refractivity contribution is 14.1. The second-order valence-electron chi connectivity index (χ2n) is 4.58. The van der Waals surface area contributed by atoms with Gasteiger partial charge in [-0.3, -0.25) is 4.68 Å². The van der Waals surface area contributed by atoms with Gasteiger partial charge >= 0.3 is 0 Å². The van der Waals surface area contributed by atoms with Crippen LogP contribution in [0.2, 0.25) is 5.15 Å². The Morgan fingerprint density at radius 1 is 1.37 bits per heavy atom. The van der Waals surface area contributed by atoms with Crippen LogP contribution < -0.4 is 5.32 Å². The van der Waals surface area contributed by atoms with Crippen LogP contribution in [0.3, 0.4) is 0 Å². The number of hydrogen-bond acceptors (Lipinski definition) is 2. The van der Waals surface area contributed by atoms with Gasteiger partial charge in [0.05, 0.1) is 5.69 Å². The van der Waals surface area contributed by atoms with Crippen LogP contribution in [-0.2, 0) is 13.5 Å². The Bertz CT molecular complexity index is 563. The maximum Gasteiger partial charge on any atom is 0.130 e. The summed E-state index contributed by atoms with van der Waals surface area (Å²) in [5, 5.41) is 8.44. The number of likely N-dealkylation sites (N-methyl/N-ethyl adjacent to an activating group) is 1. The Hall–Kier alpha value is -0.590. The van der Waals surface area contributed by atoms with Crippen molar-refractivity contribution >= 4 is 34.2 Å². The first-order valence-corrected chi connectivity index (χ1v) is 7.59. The van der Waals surface area contributed by atoms with Gasteiger partial charge in [-0.05, 0) is 60.7 Å². The lowest BCUT2D eigenvalue weighted by molar-refractivity contribution is 0.590. The van der Waals surface area contributed by atoms with Crippen LogP contribution in [-0.4, -0.2) is 16.8 Å². The summed E-state index contributed by atoms with van der Waals surface area (Å²) >= 11 is 8.61. The van der Waals surface area contributed by atoms with Gasteiger partial charge < -0.3 is 5.32 Å². The summed E-state index contributed by atoms with van der Waals surface area (Å²) in [5.41, 5.74) is 3.38. The first-order valence-electron chi connectivity index (χ1n) is 6.13. The molecule has 5 heteroatoms. The standard InChI is InChI=1S/C14H17ClIN3/c1-9-12(14(15)19(3)18-9)8-13(17-2)10-4-6-11(16)7-5-10/h4-7,13,17H,8H2,1-3H3. The summed E-state index contributed by atoms with van der Waals surface area (Å²) in [7, 11) is 3.85. The topological polar surface area (TPSA) is 29.9 Å². The normalized spacial score (nSPS) is 12.7. The fourth-order valence-electron chi connectivity index (χ4n) is 2.19. The van der Waals surface area contributed by atoms with E-state index in [-0.39, 0.29) is 6.04 Å². The molecule has 0 aliphatic rings. The van der Waals surface area contributed by atoms with Gasteiger partial charge in [0.15, 0.2) is 0 Å². The Kier molecular flexibility index (Phi) is 4.86. The third-order valence-corrected chi connectivity index (χ3v) is 4.49. The molecular formula is C14H17ClIN3. The number of hydrogen-bond donors (Lipinski definition) is 1. The molecule has 0 saturated carbocycles. The Morgan fingerprint density at radius 2 is 2.00 bits per heavy atom. The van der Waals surface area contributed by atoms with E-state index in [9.17, 15) is 0 Å². The van der Waals surface area contributed by atoms with Gasteiger partial charge in [-0.1, -0.05) is 23.7 Å². The molecule has 0 saturated heterocycles. The van der Waals surface area contributed by atoms with Crippen molar-refractivity contribution in [2.45, 2.75) is 19.4 Å². The molecule has 0 aliphatic heterocycles. The molecule has 1 heterocycles. The van der Waals surface area contributed by atoms with Crippen LogP contribution in [0.4, 0.5) is 0 Å². The largest absolute Gasteiger partial charge is 0.313 e. The molecule has 1 N–H and O–H groups in total. The minimum atomic E-state index is 0.248. The number of nitrogens with one attached hydrogen (secondary N) is 1. The third kappa shape index (κ3) is 3.30. The number of nitrogens with zero attached hydrogens (tertiary/aromatic N) is 2. The van der Waals surface area contributed by atoms with Crippen molar-refractivity contribution in [2.24, 2.45) is 7.05 Å². The van der Waals surface area contributed by atoms with Crippen LogP contribution in [0, 0.1) is 10.5 Å². The van der Waals surface area contributed by atoms with Crippen molar-refractivity contribution in [3.05, 3.63) is 49.8 Å². The monoisotopic (exact) mass is 389 g/mol. The summed E-state index contributed by atoms with van der Waals surface area (Å²) < 4.78 is 2.97. The summed E-state index contributed by atoms with van der Waals surface area (Å²) in [5.74, 6) is 0. The van der Waals surface area contributed by atoms with Crippen LogP contribution in [0.5, 0.6) is 0 Å². The summed E-state index contributed by atoms with van der Waals surface area (Å²) in [6, 6.07) is 8.80. The van der Waals surface area contributed by atoms with Gasteiger partial charge in [0.1, 0.15) is 5.15 Å². The molecule has 1 atom stereocenters. The fourth-order valence-corrected chi connectivity index (χ4v) is 2.80. The number of aryl methyl sites for hydroxylation is 2. The molecule has 0 bridgehead atoms. The first-order chi connectivity index (χ1) is 9.02. The van der Waals surface area contributed by atoms with E-state index in [4.69, 9.17) is 11.6 Å². The van der Waals surface area contributed by atoms with Gasteiger partial charge in [-0.25, -0.2) is 0 Å². The van der Waals surface area contributed by atoms with Gasteiger partial charge in [-0.15, -0.1) is 0 Å². The molecule has 1 aromatic carbocycles. The van der Waals surface area contributed by atoms with Crippen molar-refractivity contribution in [2.75, 3.05) is 7.05 Å². The Labute approximate surface area is 132 Å². The molecule has 3 nitrogen and oxygen atoms in total. The van der Waals surface area contributed by atoms with E-state index >= 15 is 0 Å². The molecule has 2 rings (SSSR count). The van der Waals surface area contributed by atoms with Gasteiger partial charge in [-0.2, -0.15) is 5.10 Å². The highest BCUT2D eigenvalue weighted by Crippen LogP contribution is 2.26. The average molecular weight is 390 g/mol. The first kappa shape index (κ1) is 14.8. The molecule has 102 valence electrons. The van der Waals surface area contributed by atoms with Crippen LogP contribution in [0.1, 0.15) is 22.9 Å². The fraction of sp³-hybridized carbons (Fsp3) is 0.357. The predicted octanol–water partition coefficient (Wildman–Crippen LogP) is 3.49. The summed E-state index contributed by atoms with van der Waals surface area (Å²) in [6.45, 7) is 2.00. The van der Waals surface area contributed by atoms with Gasteiger partial charge in [0.2, 0.25) is 0 Å². The molecule has 0 spiro atoms. The molecule has 1 unspecified atom stereocenters. The summed E-state index contributed by atoms with van der Waals surface area (Å²) in [6.07, 6.45) is 0.843. The quantitative estimate of drug-likeness (QED) is 0.811. The van der Waals surface area contributed by atoms with E-state index in [1.165, 1.54) is 9.13 Å². The van der Waals surface area contributed by atoms with Gasteiger partial charge in [0, 0.05) is 22.2 Å².